The molecule has 0 amide bonds. The molecule has 24 heavy (non-hydrogen) atoms. The van der Waals surface area contributed by atoms with Gasteiger partial charge < -0.3 is 10.6 Å². The maximum Gasteiger partial charge on any atom is 0.191 e. The monoisotopic (exact) mass is 479 g/mol. The van der Waals surface area contributed by atoms with E-state index < -0.39 is 0 Å². The zero-order valence-corrected chi connectivity index (χ0v) is 17.9. The Hall–Kier alpha value is -0.930. The lowest BCUT2D eigenvalue weighted by molar-refractivity contribution is 0.777. The van der Waals surface area contributed by atoms with E-state index in [1.165, 1.54) is 0 Å². The van der Waals surface area contributed by atoms with E-state index in [0.717, 1.165) is 35.2 Å². The highest BCUT2D eigenvalue weighted by Gasteiger charge is 2.06. The Bertz CT molecular complexity index is 642. The Labute approximate surface area is 169 Å². The normalized spacial score (nSPS) is 11.3. The first-order valence-corrected chi connectivity index (χ1v) is 8.83. The Morgan fingerprint density at radius 3 is 2.71 bits per heavy atom. The molecule has 0 spiro atoms. The molecular formula is C16H23ClIN5S. The molecule has 0 aliphatic carbocycles. The maximum absolute atomic E-state index is 5.78. The van der Waals surface area contributed by atoms with Gasteiger partial charge in [0.25, 0.3) is 0 Å². The molecule has 0 fully saturated rings. The number of thiazole rings is 1. The average molecular weight is 480 g/mol. The second kappa shape index (κ2) is 10.8. The predicted molar refractivity (Wildman–Crippen MR) is 113 cm³/mol. The summed E-state index contributed by atoms with van der Waals surface area (Å²) < 4.78 is 0. The van der Waals surface area contributed by atoms with Gasteiger partial charge in [0.1, 0.15) is 10.2 Å². The van der Waals surface area contributed by atoms with Gasteiger partial charge in [0.15, 0.2) is 5.96 Å². The summed E-state index contributed by atoms with van der Waals surface area (Å²) in [4.78, 5) is 12.9. The molecule has 2 aromatic rings. The number of pyridine rings is 1. The minimum atomic E-state index is 0. The number of hydrogen-bond donors (Lipinski definition) is 2. The molecule has 0 aliphatic heterocycles. The van der Waals surface area contributed by atoms with Crippen molar-refractivity contribution in [2.24, 2.45) is 4.99 Å². The van der Waals surface area contributed by atoms with Crippen molar-refractivity contribution in [3.63, 3.8) is 0 Å². The van der Waals surface area contributed by atoms with Crippen molar-refractivity contribution < 1.29 is 0 Å². The molecule has 0 unspecified atom stereocenters. The fourth-order valence-corrected chi connectivity index (χ4v) is 2.94. The van der Waals surface area contributed by atoms with Crippen LogP contribution in [0, 0.1) is 0 Å². The summed E-state index contributed by atoms with van der Waals surface area (Å²) >= 11 is 7.45. The van der Waals surface area contributed by atoms with Gasteiger partial charge in [0.2, 0.25) is 0 Å². The van der Waals surface area contributed by atoms with Gasteiger partial charge in [0, 0.05) is 25.2 Å². The van der Waals surface area contributed by atoms with E-state index in [9.17, 15) is 0 Å². The third-order valence-corrected chi connectivity index (χ3v) is 4.38. The molecule has 0 atom stereocenters. The highest BCUT2D eigenvalue weighted by Crippen LogP contribution is 2.17. The molecule has 2 N–H and O–H groups in total. The van der Waals surface area contributed by atoms with Crippen molar-refractivity contribution in [3.05, 3.63) is 45.1 Å². The zero-order chi connectivity index (χ0) is 16.7. The molecular weight excluding hydrogens is 457 g/mol. The number of nitrogens with one attached hydrogen (secondary N) is 2. The zero-order valence-electron chi connectivity index (χ0n) is 14.0. The van der Waals surface area contributed by atoms with E-state index in [4.69, 9.17) is 11.6 Å². The number of aliphatic imine (C=N–C) groups is 1. The number of nitrogens with zero attached hydrogens (tertiary/aromatic N) is 3. The molecule has 132 valence electrons. The van der Waals surface area contributed by atoms with Crippen molar-refractivity contribution >= 4 is 52.9 Å². The van der Waals surface area contributed by atoms with E-state index in [2.05, 4.69) is 44.8 Å². The Morgan fingerprint density at radius 1 is 1.33 bits per heavy atom. The molecule has 2 rings (SSSR count). The van der Waals surface area contributed by atoms with E-state index in [-0.39, 0.29) is 24.0 Å². The second-order valence-electron chi connectivity index (χ2n) is 5.41. The fraction of sp³-hybridized carbons (Fsp3) is 0.438. The molecule has 0 radical (unpaired) electrons. The quantitative estimate of drug-likeness (QED) is 0.286. The summed E-state index contributed by atoms with van der Waals surface area (Å²) in [6.45, 7) is 5.76. The number of hydrogen-bond acceptors (Lipinski definition) is 4. The number of rotatable bonds is 6. The van der Waals surface area contributed by atoms with Gasteiger partial charge in [-0.25, -0.2) is 9.97 Å². The predicted octanol–water partition coefficient (Wildman–Crippen LogP) is 3.84. The van der Waals surface area contributed by atoms with Crippen LogP contribution in [0.15, 0.2) is 28.7 Å². The summed E-state index contributed by atoms with van der Waals surface area (Å²) in [6, 6.07) is 3.79. The molecule has 0 aliphatic rings. The highest BCUT2D eigenvalue weighted by molar-refractivity contribution is 14.0. The first kappa shape index (κ1) is 21.1. The number of halogens is 2. The molecule has 8 heteroatoms. The van der Waals surface area contributed by atoms with Gasteiger partial charge in [-0.05, 0) is 24.0 Å². The van der Waals surface area contributed by atoms with Gasteiger partial charge in [-0.15, -0.1) is 35.3 Å². The lowest BCUT2D eigenvalue weighted by Crippen LogP contribution is -2.37. The van der Waals surface area contributed by atoms with Crippen LogP contribution in [0.1, 0.15) is 36.0 Å². The van der Waals surface area contributed by atoms with Gasteiger partial charge in [-0.3, -0.25) is 4.99 Å². The van der Waals surface area contributed by atoms with Crippen molar-refractivity contribution in [3.8, 4) is 0 Å². The largest absolute Gasteiger partial charge is 0.356 e. The highest BCUT2D eigenvalue weighted by atomic mass is 127. The van der Waals surface area contributed by atoms with Crippen LogP contribution >= 0.6 is 46.9 Å². The van der Waals surface area contributed by atoms with Crippen LogP contribution in [0.5, 0.6) is 0 Å². The average Bonchev–Trinajstić information content (AvgIpc) is 3.01. The van der Waals surface area contributed by atoms with Gasteiger partial charge in [-0.2, -0.15) is 0 Å². The third kappa shape index (κ3) is 6.90. The van der Waals surface area contributed by atoms with Crippen LogP contribution in [0.4, 0.5) is 0 Å². The topological polar surface area (TPSA) is 62.2 Å². The first-order chi connectivity index (χ1) is 11.1. The van der Waals surface area contributed by atoms with Gasteiger partial charge in [-0.1, -0.05) is 31.5 Å². The molecule has 0 saturated heterocycles. The third-order valence-electron chi connectivity index (χ3n) is 3.29. The van der Waals surface area contributed by atoms with Crippen LogP contribution in [-0.4, -0.2) is 29.5 Å². The first-order valence-electron chi connectivity index (χ1n) is 7.57. The summed E-state index contributed by atoms with van der Waals surface area (Å²) in [5, 5.41) is 10.3. The van der Waals surface area contributed by atoms with Crippen molar-refractivity contribution in [2.45, 2.75) is 32.7 Å². The lowest BCUT2D eigenvalue weighted by Gasteiger charge is -2.10. The second-order valence-corrected chi connectivity index (χ2v) is 6.74. The molecule has 0 saturated carbocycles. The molecule has 0 bridgehead atoms. The smallest absolute Gasteiger partial charge is 0.191 e. The fourth-order valence-electron chi connectivity index (χ4n) is 1.93. The van der Waals surface area contributed by atoms with Crippen molar-refractivity contribution in [2.75, 3.05) is 13.6 Å². The van der Waals surface area contributed by atoms with Gasteiger partial charge >= 0.3 is 0 Å². The Kier molecular flexibility index (Phi) is 9.53. The van der Waals surface area contributed by atoms with Crippen LogP contribution in [0.2, 0.25) is 5.15 Å². The van der Waals surface area contributed by atoms with Crippen LogP contribution < -0.4 is 10.6 Å². The van der Waals surface area contributed by atoms with Crippen molar-refractivity contribution in [1.82, 2.24) is 20.6 Å². The Morgan fingerprint density at radius 2 is 2.12 bits per heavy atom. The van der Waals surface area contributed by atoms with Crippen LogP contribution in [0.3, 0.4) is 0 Å². The summed E-state index contributed by atoms with van der Waals surface area (Å²) in [5.74, 6) is 1.23. The van der Waals surface area contributed by atoms with Crippen LogP contribution in [0.25, 0.3) is 0 Å². The molecule has 5 nitrogen and oxygen atoms in total. The molecule has 2 heterocycles. The Balaban J connectivity index is 0.00000288. The SMILES string of the molecule is CN=C(NCCc1ccc(Cl)nc1)NCc1nc(C(C)C)cs1.I. The number of guanidine groups is 1. The maximum atomic E-state index is 5.78. The summed E-state index contributed by atoms with van der Waals surface area (Å²) in [7, 11) is 1.76. The molecule has 0 aromatic carbocycles. The minimum absolute atomic E-state index is 0. The van der Waals surface area contributed by atoms with Crippen molar-refractivity contribution in [1.29, 1.82) is 0 Å². The van der Waals surface area contributed by atoms with Gasteiger partial charge in [0.05, 0.1) is 12.2 Å². The number of aromatic nitrogens is 2. The van der Waals surface area contributed by atoms with E-state index in [1.54, 1.807) is 30.6 Å². The lowest BCUT2D eigenvalue weighted by atomic mass is 10.2. The summed E-state index contributed by atoms with van der Waals surface area (Å²) in [6.07, 6.45) is 2.66. The minimum Gasteiger partial charge on any atom is -0.356 e. The van der Waals surface area contributed by atoms with E-state index in [1.807, 2.05) is 6.07 Å². The van der Waals surface area contributed by atoms with E-state index >= 15 is 0 Å². The standard InChI is InChI=1S/C16H22ClN5S.HI/c1-11(2)13-10-23-15(22-13)9-21-16(18-3)19-7-6-12-4-5-14(17)20-8-12;/h4-5,8,10-11H,6-7,9H2,1-3H3,(H2,18,19,21);1H. The summed E-state index contributed by atoms with van der Waals surface area (Å²) in [5.41, 5.74) is 2.28. The van der Waals surface area contributed by atoms with E-state index in [0.29, 0.717) is 17.6 Å². The molecule has 2 aromatic heterocycles. The van der Waals surface area contributed by atoms with Crippen LogP contribution in [-0.2, 0) is 13.0 Å².